The fourth-order valence-corrected chi connectivity index (χ4v) is 0. The maximum absolute atomic E-state index is 8.56. The van der Waals surface area contributed by atoms with Gasteiger partial charge in [0.1, 0.15) is 0 Å². The predicted molar refractivity (Wildman–Crippen MR) is 34.9 cm³/mol. The molecule has 0 aromatic rings. The summed E-state index contributed by atoms with van der Waals surface area (Å²) in [7, 11) is 0. The van der Waals surface area contributed by atoms with Gasteiger partial charge < -0.3 is 10.2 Å². The molecule has 0 aromatic heterocycles. The van der Waals surface area contributed by atoms with Gasteiger partial charge in [0, 0.05) is 77.3 Å². The van der Waals surface area contributed by atoms with Crippen molar-refractivity contribution in [3.8, 4) is 0 Å². The van der Waals surface area contributed by atoms with Crippen molar-refractivity contribution in [2.24, 2.45) is 0 Å². The van der Waals surface area contributed by atoms with Gasteiger partial charge >= 0.3 is 119 Å². The third-order valence-electron chi connectivity index (χ3n) is 0. The average molecular weight is 497 g/mol. The Balaban J connectivity index is -0.00000000450. The van der Waals surface area contributed by atoms with Crippen molar-refractivity contribution in [2.75, 3.05) is 0 Å². The number of carbonyl (C=O) groups is 1. The molecule has 0 amide bonds. The quantitative estimate of drug-likeness (QED) is 0.373. The van der Waals surface area contributed by atoms with E-state index in [0.717, 1.165) is 0 Å². The van der Waals surface area contributed by atoms with Crippen LogP contribution >= 0.6 is 0 Å². The van der Waals surface area contributed by atoms with Crippen LogP contribution in [-0.4, -0.2) is 129 Å². The normalized spacial score (nSPS) is 2.67. The predicted octanol–water partition coefficient (Wildman–Crippen LogP) is -2.26. The Labute approximate surface area is 204 Å². The molecule has 0 rings (SSSR count). The molecule has 9 heavy (non-hydrogen) atoms. The first-order chi connectivity index (χ1) is 1.73. The molecule has 0 heterocycles. The van der Waals surface area contributed by atoms with Gasteiger partial charge in [0.25, 0.3) is 0 Å². The van der Waals surface area contributed by atoms with Crippen molar-refractivity contribution >= 4 is 119 Å². The third kappa shape index (κ3) is 58.5. The zero-order chi connectivity index (χ0) is 3.58. The molecular weight excluding hydrogens is 490 g/mol. The van der Waals surface area contributed by atoms with Gasteiger partial charge in [-0.05, 0) is 0 Å². The minimum absolute atomic E-state index is 0. The van der Waals surface area contributed by atoms with Crippen molar-refractivity contribution in [2.45, 2.75) is 0 Å². The molecule has 0 fully saturated rings. The summed E-state index contributed by atoms with van der Waals surface area (Å²) in [6, 6.07) is 0. The molecule has 0 bridgehead atoms. The Morgan fingerprint density at radius 2 is 1.22 bits per heavy atom. The summed E-state index contributed by atoms with van der Waals surface area (Å²) in [5.41, 5.74) is 0. The van der Waals surface area contributed by atoms with Crippen LogP contribution in [0.15, 0.2) is 0 Å². The maximum atomic E-state index is 8.56. The average Bonchev–Trinajstić information content (AvgIpc) is 0.811. The molecule has 0 aliphatic carbocycles. The summed E-state index contributed by atoms with van der Waals surface area (Å²) < 4.78 is 0. The topological polar surface area (TPSA) is 57.5 Å². The van der Waals surface area contributed by atoms with Crippen LogP contribution in [0.1, 0.15) is 0 Å². The molecule has 0 saturated heterocycles. The Bertz CT molecular complexity index is 46.8. The van der Waals surface area contributed by atoms with Crippen LogP contribution in [-0.2, 0) is 0 Å². The van der Waals surface area contributed by atoms with Crippen LogP contribution in [0.4, 0.5) is 4.79 Å². The number of hydrogen-bond donors (Lipinski definition) is 2. The second-order valence-electron chi connectivity index (χ2n) is 0.283. The van der Waals surface area contributed by atoms with Crippen LogP contribution < -0.4 is 0 Å². The molecule has 3 nitrogen and oxygen atoms in total. The van der Waals surface area contributed by atoms with E-state index in [9.17, 15) is 0 Å². The molecule has 0 spiro atoms. The van der Waals surface area contributed by atoms with E-state index >= 15 is 0 Å². The summed E-state index contributed by atoms with van der Waals surface area (Å²) in [6.07, 6.45) is -1.83. The van der Waals surface area contributed by atoms with Crippen LogP contribution in [0.5, 0.6) is 0 Å². The van der Waals surface area contributed by atoms with Gasteiger partial charge in [-0.25, -0.2) is 4.79 Å². The van der Waals surface area contributed by atoms with Gasteiger partial charge in [0.05, 0.1) is 0 Å². The van der Waals surface area contributed by atoms with E-state index in [2.05, 4.69) is 0 Å². The molecule has 1 radical (unpaired) electrons. The van der Waals surface area contributed by atoms with Crippen molar-refractivity contribution in [1.29, 1.82) is 0 Å². The molecule has 0 aromatic carbocycles. The second kappa shape index (κ2) is 29.2. The molecule has 0 aliphatic rings. The van der Waals surface area contributed by atoms with E-state index in [0.29, 0.717) is 0 Å². The molecule has 0 unspecified atom stereocenters. The van der Waals surface area contributed by atoms with Gasteiger partial charge in [-0.1, -0.05) is 0 Å². The van der Waals surface area contributed by atoms with E-state index in [1.54, 1.807) is 0 Å². The number of carboxylic acid groups (broad SMARTS) is 2. The molecule has 0 atom stereocenters. The van der Waals surface area contributed by atoms with Crippen LogP contribution in [0.2, 0.25) is 0 Å². The Kier molecular flexibility index (Phi) is 118. The summed E-state index contributed by atoms with van der Waals surface area (Å²) in [5, 5.41) is 13.9. The van der Waals surface area contributed by atoms with Gasteiger partial charge in [-0.2, -0.15) is 0 Å². The molecular formula is CH7CaCeLaNaO3Sr. The van der Waals surface area contributed by atoms with E-state index in [1.807, 2.05) is 0 Å². The van der Waals surface area contributed by atoms with Crippen molar-refractivity contribution in [3.05, 3.63) is 0 Å². The van der Waals surface area contributed by atoms with Crippen molar-refractivity contribution in [3.63, 3.8) is 0 Å². The number of rotatable bonds is 0. The first-order valence-corrected chi connectivity index (χ1v) is 0.651. The second-order valence-corrected chi connectivity index (χ2v) is 0.283. The van der Waals surface area contributed by atoms with E-state index in [4.69, 9.17) is 15.0 Å². The summed E-state index contributed by atoms with van der Waals surface area (Å²) in [5.74, 6) is 0. The van der Waals surface area contributed by atoms with Gasteiger partial charge in [-0.15, -0.1) is 0 Å². The van der Waals surface area contributed by atoms with Crippen LogP contribution in [0.3, 0.4) is 0 Å². The molecule has 0 saturated carbocycles. The first kappa shape index (κ1) is 36.5. The molecule has 2 N–H and O–H groups in total. The van der Waals surface area contributed by atoms with Crippen molar-refractivity contribution in [1.82, 2.24) is 0 Å². The van der Waals surface area contributed by atoms with Crippen LogP contribution in [0, 0.1) is 77.3 Å². The zero-order valence-corrected chi connectivity index (χ0v) is 9.65. The molecule has 0 aliphatic heterocycles. The van der Waals surface area contributed by atoms with Crippen molar-refractivity contribution < 1.29 is 92.4 Å². The monoisotopic (exact) mass is 497 g/mol. The Hall–Kier alpha value is 5.58. The summed E-state index contributed by atoms with van der Waals surface area (Å²) >= 11 is 0. The standard InChI is InChI=1S/CH2O3.Ca.Ce.La.Na.Sr.5H/c2-1(3)4;;;;;;;;;;/h(H2,2,3,4);;;;;;;;;;. The van der Waals surface area contributed by atoms with Crippen LogP contribution in [0.25, 0.3) is 0 Å². The van der Waals surface area contributed by atoms with E-state index < -0.39 is 6.16 Å². The van der Waals surface area contributed by atoms with E-state index in [1.165, 1.54) is 0 Å². The Morgan fingerprint density at radius 1 is 1.22 bits per heavy atom. The third-order valence-corrected chi connectivity index (χ3v) is 0. The fraction of sp³-hybridized carbons (Fsp3) is 0. The SMILES string of the molecule is O=C(O)O.[CaH2].[Ce].[La].[NaH].[SrH2]. The number of hydrogen-bond acceptors (Lipinski definition) is 1. The summed E-state index contributed by atoms with van der Waals surface area (Å²) in [4.78, 5) is 8.56. The molecule has 8 heteroatoms. The first-order valence-electron chi connectivity index (χ1n) is 0.651. The zero-order valence-electron chi connectivity index (χ0n) is 2.88. The van der Waals surface area contributed by atoms with Gasteiger partial charge in [-0.3, -0.25) is 0 Å². The minimum atomic E-state index is -1.83. The van der Waals surface area contributed by atoms with E-state index in [-0.39, 0.29) is 190 Å². The Morgan fingerprint density at radius 3 is 1.22 bits per heavy atom. The van der Waals surface area contributed by atoms with Gasteiger partial charge in [0.2, 0.25) is 0 Å². The fourth-order valence-electron chi connectivity index (χ4n) is 0. The van der Waals surface area contributed by atoms with Gasteiger partial charge in [0.15, 0.2) is 0 Å². The molecule has 41 valence electrons. The summed E-state index contributed by atoms with van der Waals surface area (Å²) in [6.45, 7) is 0.